The fraction of sp³-hybridized carbons (Fsp3) is 0.455. The van der Waals surface area contributed by atoms with E-state index in [1.807, 2.05) is 6.07 Å². The Morgan fingerprint density at radius 1 is 1.41 bits per heavy atom. The van der Waals surface area contributed by atoms with Crippen molar-refractivity contribution in [2.75, 3.05) is 17.5 Å². The van der Waals surface area contributed by atoms with E-state index in [4.69, 9.17) is 9.57 Å². The molecule has 0 heterocycles. The van der Waals surface area contributed by atoms with Crippen LogP contribution in [0, 0.1) is 0 Å². The topological polar surface area (TPSA) is 59.0 Å². The summed E-state index contributed by atoms with van der Waals surface area (Å²) in [7, 11) is 2.95. The first kappa shape index (κ1) is 12.6. The predicted molar refractivity (Wildman–Crippen MR) is 70.9 cm³/mol. The zero-order valence-electron chi connectivity index (χ0n) is 9.70. The average molecular weight is 351 g/mol. The number of ether oxygens (including phenoxy) is 1. The molecule has 0 amide bonds. The number of fused-ring (bicyclic) bond motifs is 1. The molecule has 1 aromatic carbocycles. The molecule has 0 saturated heterocycles. The van der Waals surface area contributed by atoms with Gasteiger partial charge in [0.15, 0.2) is 11.5 Å². The number of benzene rings is 1. The number of phenols is 1. The van der Waals surface area contributed by atoms with Crippen molar-refractivity contribution in [3.63, 3.8) is 0 Å². The highest BCUT2D eigenvalue weighted by molar-refractivity contribution is 14.1. The molecule has 5 nitrogen and oxygen atoms in total. The fourth-order valence-electron chi connectivity index (χ4n) is 2.18. The van der Waals surface area contributed by atoms with Gasteiger partial charge in [-0.1, -0.05) is 0 Å². The van der Waals surface area contributed by atoms with Crippen LogP contribution in [0.3, 0.4) is 0 Å². The Labute approximate surface area is 110 Å². The molecule has 0 aliphatic heterocycles. The molecule has 1 aliphatic rings. The van der Waals surface area contributed by atoms with E-state index in [9.17, 15) is 8.18 Å². The largest absolute Gasteiger partial charge is 0.503 e. The van der Waals surface area contributed by atoms with Crippen LogP contribution in [-0.2, 0) is 20.7 Å². The number of aryl methyl sites for hydroxylation is 1. The summed E-state index contributed by atoms with van der Waals surface area (Å²) in [6.45, 7) is 0. The maximum Gasteiger partial charge on any atom is 0.300 e. The van der Waals surface area contributed by atoms with Crippen LogP contribution in [0.15, 0.2) is 6.07 Å². The summed E-state index contributed by atoms with van der Waals surface area (Å²) in [5.41, 5.74) is 2.65. The van der Waals surface area contributed by atoms with Gasteiger partial charge in [-0.25, -0.2) is 3.07 Å². The van der Waals surface area contributed by atoms with Crippen molar-refractivity contribution in [3.8, 4) is 11.5 Å². The van der Waals surface area contributed by atoms with Gasteiger partial charge in [0.05, 0.1) is 14.2 Å². The lowest BCUT2D eigenvalue weighted by Gasteiger charge is -2.19. The number of nitrogens with zero attached hydrogens (tertiary/aromatic N) is 1. The molecule has 0 aromatic heterocycles. The van der Waals surface area contributed by atoms with E-state index in [-0.39, 0.29) is 5.75 Å². The Kier molecular flexibility index (Phi) is 3.82. The molecule has 1 N–H and O–H groups in total. The van der Waals surface area contributed by atoms with Crippen molar-refractivity contribution in [3.05, 3.63) is 17.2 Å². The molecule has 0 fully saturated rings. The minimum Gasteiger partial charge on any atom is -0.503 e. The number of aromatic hydroxyl groups is 1. The first-order valence-electron chi connectivity index (χ1n) is 5.26. The summed E-state index contributed by atoms with van der Waals surface area (Å²) < 4.78 is 17.6. The number of methoxy groups -OCH3 is 1. The molecule has 1 aromatic rings. The normalized spacial score (nSPS) is 13.5. The maximum absolute atomic E-state index is 11.2. The van der Waals surface area contributed by atoms with Crippen LogP contribution in [-0.4, -0.2) is 19.3 Å². The van der Waals surface area contributed by atoms with Gasteiger partial charge < -0.3 is 9.84 Å². The molecule has 0 atom stereocenters. The lowest BCUT2D eigenvalue weighted by Crippen LogP contribution is -2.11. The van der Waals surface area contributed by atoms with E-state index in [1.54, 1.807) is 0 Å². The van der Waals surface area contributed by atoms with E-state index in [1.165, 1.54) is 17.5 Å². The van der Waals surface area contributed by atoms with Gasteiger partial charge in [0.1, 0.15) is 5.69 Å². The van der Waals surface area contributed by atoms with E-state index in [0.717, 1.165) is 30.4 Å². The van der Waals surface area contributed by atoms with Crippen molar-refractivity contribution in [1.82, 2.24) is 0 Å². The highest BCUT2D eigenvalue weighted by Gasteiger charge is 2.26. The number of hydrogen-bond donors (Lipinski definition) is 1. The third kappa shape index (κ3) is 2.11. The van der Waals surface area contributed by atoms with Crippen LogP contribution < -0.4 is 8.01 Å². The van der Waals surface area contributed by atoms with Gasteiger partial charge in [-0.15, -0.1) is 0 Å². The first-order valence-corrected chi connectivity index (χ1v) is 7.10. The number of phenolic OH excluding ortho intramolecular Hbond substituents is 1. The Morgan fingerprint density at radius 3 is 2.76 bits per heavy atom. The summed E-state index contributed by atoms with van der Waals surface area (Å²) >= 11 is -1.53. The van der Waals surface area contributed by atoms with Crippen LogP contribution in [0.25, 0.3) is 0 Å². The third-order valence-electron chi connectivity index (χ3n) is 2.93. The summed E-state index contributed by atoms with van der Waals surface area (Å²) in [5, 5.41) is 10.1. The smallest absolute Gasteiger partial charge is 0.300 e. The lowest BCUT2D eigenvalue weighted by molar-refractivity contribution is 0.232. The van der Waals surface area contributed by atoms with Crippen LogP contribution in [0.5, 0.6) is 11.5 Å². The van der Waals surface area contributed by atoms with Crippen LogP contribution in [0.1, 0.15) is 17.5 Å². The maximum atomic E-state index is 11.2. The second-order valence-electron chi connectivity index (χ2n) is 3.76. The Morgan fingerprint density at radius 2 is 2.18 bits per heavy atom. The van der Waals surface area contributed by atoms with E-state index in [0.29, 0.717) is 11.4 Å². The summed E-state index contributed by atoms with van der Waals surface area (Å²) in [6.07, 6.45) is 2.85. The lowest BCUT2D eigenvalue weighted by atomic mass is 10.1. The second-order valence-corrected chi connectivity index (χ2v) is 5.03. The average Bonchev–Trinajstić information content (AvgIpc) is 2.80. The quantitative estimate of drug-likeness (QED) is 0.513. The van der Waals surface area contributed by atoms with Crippen LogP contribution in [0.4, 0.5) is 5.69 Å². The van der Waals surface area contributed by atoms with Gasteiger partial charge >= 0.3 is 21.5 Å². The number of hydrogen-bond acceptors (Lipinski definition) is 4. The Bertz CT molecular complexity index is 449. The zero-order chi connectivity index (χ0) is 12.4. The van der Waals surface area contributed by atoms with Crippen molar-refractivity contribution >= 4 is 27.2 Å². The van der Waals surface area contributed by atoms with Gasteiger partial charge in [-0.2, -0.15) is 3.28 Å². The molecule has 0 unspecified atom stereocenters. The third-order valence-corrected chi connectivity index (χ3v) is 4.16. The van der Waals surface area contributed by atoms with Gasteiger partial charge in [0.2, 0.25) is 0 Å². The SMILES string of the molecule is COc1cc2c(c(N(OC)I=O)c1O)CCC2. The van der Waals surface area contributed by atoms with Crippen LogP contribution in [0.2, 0.25) is 0 Å². The molecular formula is C11H14INO4. The van der Waals surface area contributed by atoms with Gasteiger partial charge in [0.25, 0.3) is 0 Å². The van der Waals surface area contributed by atoms with Crippen molar-refractivity contribution in [2.45, 2.75) is 19.3 Å². The first-order chi connectivity index (χ1) is 8.22. The highest BCUT2D eigenvalue weighted by atomic mass is 127. The molecule has 0 saturated carbocycles. The van der Waals surface area contributed by atoms with E-state index in [2.05, 4.69) is 0 Å². The molecule has 0 radical (unpaired) electrons. The summed E-state index contributed by atoms with van der Waals surface area (Å²) in [5.74, 6) is 0.408. The van der Waals surface area contributed by atoms with Crippen molar-refractivity contribution in [1.29, 1.82) is 0 Å². The zero-order valence-corrected chi connectivity index (χ0v) is 11.9. The molecule has 0 bridgehead atoms. The minimum atomic E-state index is -1.53. The monoisotopic (exact) mass is 351 g/mol. The fourth-order valence-corrected chi connectivity index (χ4v) is 3.06. The molecule has 0 spiro atoms. The number of anilines is 1. The number of rotatable bonds is 4. The number of halogens is 1. The molecule has 17 heavy (non-hydrogen) atoms. The van der Waals surface area contributed by atoms with Crippen molar-refractivity contribution < 1.29 is 17.8 Å². The summed E-state index contributed by atoms with van der Waals surface area (Å²) in [4.78, 5) is 5.05. The van der Waals surface area contributed by atoms with Gasteiger partial charge in [0, 0.05) is 0 Å². The summed E-state index contributed by atoms with van der Waals surface area (Å²) in [6, 6.07) is 1.85. The standard InChI is InChI=1S/C11H14INO4/c1-16-9-6-7-4-3-5-8(7)10(11(9)14)13(12-15)17-2/h6,14H,3-5H2,1-2H3. The highest BCUT2D eigenvalue weighted by Crippen LogP contribution is 2.46. The van der Waals surface area contributed by atoms with Gasteiger partial charge in [-0.3, -0.25) is 4.84 Å². The molecular weight excluding hydrogens is 337 g/mol. The molecule has 94 valence electrons. The molecule has 2 rings (SSSR count). The second kappa shape index (κ2) is 5.18. The minimum absolute atomic E-state index is 0.00514. The molecule has 6 heteroatoms. The van der Waals surface area contributed by atoms with E-state index >= 15 is 0 Å². The molecule has 1 aliphatic carbocycles. The Hall–Kier alpha value is -0.890. The van der Waals surface area contributed by atoms with Gasteiger partial charge in [-0.05, 0) is 36.5 Å². The predicted octanol–water partition coefficient (Wildman–Crippen LogP) is 2.49. The Balaban J connectivity index is 2.62. The van der Waals surface area contributed by atoms with Crippen LogP contribution >= 0.6 is 21.5 Å². The van der Waals surface area contributed by atoms with Crippen molar-refractivity contribution in [2.24, 2.45) is 0 Å². The van der Waals surface area contributed by atoms with E-state index < -0.39 is 21.5 Å².